The van der Waals surface area contributed by atoms with Gasteiger partial charge in [0.15, 0.2) is 0 Å². The summed E-state index contributed by atoms with van der Waals surface area (Å²) in [5, 5.41) is 2.76. The molecule has 2 saturated heterocycles. The van der Waals surface area contributed by atoms with Crippen LogP contribution in [0.1, 0.15) is 38.5 Å². The van der Waals surface area contributed by atoms with E-state index in [4.69, 9.17) is 0 Å². The van der Waals surface area contributed by atoms with E-state index in [1.54, 1.807) is 4.31 Å². The second-order valence-electron chi connectivity index (χ2n) is 7.01. The van der Waals surface area contributed by atoms with Crippen LogP contribution in [0.2, 0.25) is 0 Å². The number of rotatable bonds is 4. The number of hydrogen-bond acceptors (Lipinski definition) is 3. The van der Waals surface area contributed by atoms with Gasteiger partial charge in [-0.2, -0.15) is 17.0 Å². The Kier molecular flexibility index (Phi) is 6.26. The van der Waals surface area contributed by atoms with E-state index in [-0.39, 0.29) is 18.3 Å². The second-order valence-corrected chi connectivity index (χ2v) is 8.94. The number of anilines is 1. The molecule has 0 bridgehead atoms. The van der Waals surface area contributed by atoms with Crippen molar-refractivity contribution in [3.05, 3.63) is 30.1 Å². The van der Waals surface area contributed by atoms with Crippen molar-refractivity contribution >= 4 is 21.8 Å². The summed E-state index contributed by atoms with van der Waals surface area (Å²) < 4.78 is 41.9. The minimum Gasteiger partial charge on any atom is -0.326 e. The normalized spacial score (nSPS) is 23.3. The lowest BCUT2D eigenvalue weighted by atomic mass is 9.99. The van der Waals surface area contributed by atoms with Crippen LogP contribution in [-0.4, -0.2) is 49.1 Å². The summed E-state index contributed by atoms with van der Waals surface area (Å²) in [6.07, 6.45) is 5.22. The zero-order valence-corrected chi connectivity index (χ0v) is 15.7. The van der Waals surface area contributed by atoms with E-state index >= 15 is 0 Å². The van der Waals surface area contributed by atoms with Crippen molar-refractivity contribution in [3.8, 4) is 0 Å². The molecule has 1 aromatic rings. The van der Waals surface area contributed by atoms with E-state index in [0.29, 0.717) is 38.2 Å². The molecule has 1 amide bonds. The smallest absolute Gasteiger partial charge is 0.281 e. The average Bonchev–Trinajstić information content (AvgIpc) is 2.94. The highest BCUT2D eigenvalue weighted by atomic mass is 32.2. The van der Waals surface area contributed by atoms with Crippen LogP contribution in [0.15, 0.2) is 24.3 Å². The Morgan fingerprint density at radius 3 is 2.23 bits per heavy atom. The van der Waals surface area contributed by atoms with Crippen molar-refractivity contribution in [2.75, 3.05) is 31.5 Å². The van der Waals surface area contributed by atoms with Crippen LogP contribution in [0.25, 0.3) is 0 Å². The number of halogens is 1. The van der Waals surface area contributed by atoms with Crippen LogP contribution >= 0.6 is 0 Å². The minimum atomic E-state index is -3.52. The Labute approximate surface area is 154 Å². The Morgan fingerprint density at radius 1 is 0.962 bits per heavy atom. The van der Waals surface area contributed by atoms with E-state index in [1.807, 2.05) is 0 Å². The fourth-order valence-corrected chi connectivity index (χ4v) is 5.35. The van der Waals surface area contributed by atoms with Gasteiger partial charge in [0.2, 0.25) is 5.91 Å². The third-order valence-electron chi connectivity index (χ3n) is 5.08. The Balaban J connectivity index is 1.64. The lowest BCUT2D eigenvalue weighted by molar-refractivity contribution is -0.120. The summed E-state index contributed by atoms with van der Waals surface area (Å²) >= 11 is 0. The van der Waals surface area contributed by atoms with E-state index in [1.165, 1.54) is 28.6 Å². The SMILES string of the molecule is O=C(Nc1ccc(F)cc1)C1CCCN(S(=O)(=O)N2CCCCCC2)C1. The van der Waals surface area contributed by atoms with Gasteiger partial charge in [-0.25, -0.2) is 4.39 Å². The topological polar surface area (TPSA) is 69.7 Å². The first-order valence-corrected chi connectivity index (χ1v) is 10.7. The van der Waals surface area contributed by atoms with E-state index in [9.17, 15) is 17.6 Å². The summed E-state index contributed by atoms with van der Waals surface area (Å²) in [5.41, 5.74) is 0.517. The molecule has 3 rings (SSSR count). The highest BCUT2D eigenvalue weighted by Gasteiger charge is 2.36. The molecule has 8 heteroatoms. The molecule has 2 heterocycles. The second kappa shape index (κ2) is 8.45. The molecule has 1 atom stereocenters. The van der Waals surface area contributed by atoms with Gasteiger partial charge in [-0.1, -0.05) is 12.8 Å². The van der Waals surface area contributed by atoms with Gasteiger partial charge >= 0.3 is 0 Å². The molecule has 2 fully saturated rings. The van der Waals surface area contributed by atoms with Crippen LogP contribution < -0.4 is 5.32 Å². The molecule has 1 unspecified atom stereocenters. The number of amides is 1. The third kappa shape index (κ3) is 4.61. The maximum absolute atomic E-state index is 13.0. The maximum atomic E-state index is 13.0. The Bertz CT molecular complexity index is 716. The Morgan fingerprint density at radius 2 is 1.58 bits per heavy atom. The molecule has 0 saturated carbocycles. The molecular weight excluding hydrogens is 357 g/mol. The van der Waals surface area contributed by atoms with Gasteiger partial charge in [0, 0.05) is 31.9 Å². The summed E-state index contributed by atoms with van der Waals surface area (Å²) in [6, 6.07) is 5.57. The summed E-state index contributed by atoms with van der Waals surface area (Å²) in [5.74, 6) is -0.974. The number of carbonyl (C=O) groups excluding carboxylic acids is 1. The van der Waals surface area contributed by atoms with E-state index in [0.717, 1.165) is 25.7 Å². The van der Waals surface area contributed by atoms with Crippen molar-refractivity contribution in [1.82, 2.24) is 8.61 Å². The number of carbonyl (C=O) groups is 1. The number of nitrogens with one attached hydrogen (secondary N) is 1. The van der Waals surface area contributed by atoms with Crippen LogP contribution in [0, 0.1) is 11.7 Å². The number of piperidine rings is 1. The summed E-state index contributed by atoms with van der Waals surface area (Å²) in [7, 11) is -3.52. The van der Waals surface area contributed by atoms with Gasteiger partial charge in [0.05, 0.1) is 5.92 Å². The van der Waals surface area contributed by atoms with Gasteiger partial charge in [-0.05, 0) is 49.9 Å². The van der Waals surface area contributed by atoms with E-state index < -0.39 is 16.1 Å². The predicted octanol–water partition coefficient (Wildman–Crippen LogP) is 2.60. The fourth-order valence-electron chi connectivity index (χ4n) is 3.58. The zero-order chi connectivity index (χ0) is 18.6. The number of benzene rings is 1. The van der Waals surface area contributed by atoms with Crippen molar-refractivity contribution < 1.29 is 17.6 Å². The fraction of sp³-hybridized carbons (Fsp3) is 0.611. The molecule has 0 aliphatic carbocycles. The van der Waals surface area contributed by atoms with Crippen LogP contribution in [0.4, 0.5) is 10.1 Å². The molecule has 2 aliphatic heterocycles. The maximum Gasteiger partial charge on any atom is 0.281 e. The first-order chi connectivity index (χ1) is 12.5. The number of nitrogens with zero attached hydrogens (tertiary/aromatic N) is 2. The third-order valence-corrected chi connectivity index (χ3v) is 7.09. The van der Waals surface area contributed by atoms with Crippen LogP contribution in [0.3, 0.4) is 0 Å². The molecule has 144 valence electrons. The lowest BCUT2D eigenvalue weighted by Gasteiger charge is -2.34. The number of hydrogen-bond donors (Lipinski definition) is 1. The quantitative estimate of drug-likeness (QED) is 0.869. The predicted molar refractivity (Wildman–Crippen MR) is 98.3 cm³/mol. The lowest BCUT2D eigenvalue weighted by Crippen LogP contribution is -2.50. The highest BCUT2D eigenvalue weighted by molar-refractivity contribution is 7.86. The van der Waals surface area contributed by atoms with Gasteiger partial charge < -0.3 is 5.32 Å². The first kappa shape index (κ1) is 19.3. The Hall–Kier alpha value is -1.51. The van der Waals surface area contributed by atoms with Crippen molar-refractivity contribution in [3.63, 3.8) is 0 Å². The van der Waals surface area contributed by atoms with Gasteiger partial charge in [0.25, 0.3) is 10.2 Å². The molecular formula is C18H26FN3O3S. The van der Waals surface area contributed by atoms with Crippen molar-refractivity contribution in [2.45, 2.75) is 38.5 Å². The molecule has 0 spiro atoms. The molecule has 0 aromatic heterocycles. The molecule has 6 nitrogen and oxygen atoms in total. The van der Waals surface area contributed by atoms with Gasteiger partial charge in [-0.15, -0.1) is 0 Å². The van der Waals surface area contributed by atoms with Gasteiger partial charge in [-0.3, -0.25) is 4.79 Å². The molecule has 1 aromatic carbocycles. The highest BCUT2D eigenvalue weighted by Crippen LogP contribution is 2.24. The van der Waals surface area contributed by atoms with Crippen LogP contribution in [0.5, 0.6) is 0 Å². The molecule has 26 heavy (non-hydrogen) atoms. The molecule has 1 N–H and O–H groups in total. The molecule has 0 radical (unpaired) electrons. The largest absolute Gasteiger partial charge is 0.326 e. The summed E-state index contributed by atoms with van der Waals surface area (Å²) in [6.45, 7) is 1.78. The van der Waals surface area contributed by atoms with E-state index in [2.05, 4.69) is 5.32 Å². The first-order valence-electron chi connectivity index (χ1n) is 9.28. The van der Waals surface area contributed by atoms with Gasteiger partial charge in [0.1, 0.15) is 5.82 Å². The van der Waals surface area contributed by atoms with Crippen LogP contribution in [-0.2, 0) is 15.0 Å². The average molecular weight is 383 g/mol. The minimum absolute atomic E-state index is 0.200. The standard InChI is InChI=1S/C18H26FN3O3S/c19-16-7-9-17(10-8-16)20-18(23)15-6-5-13-22(14-15)26(24,25)21-11-3-1-2-4-12-21/h7-10,15H,1-6,11-14H2,(H,20,23). The van der Waals surface area contributed by atoms with Crippen molar-refractivity contribution in [1.29, 1.82) is 0 Å². The summed E-state index contributed by atoms with van der Waals surface area (Å²) in [4.78, 5) is 12.5. The monoisotopic (exact) mass is 383 g/mol. The zero-order valence-electron chi connectivity index (χ0n) is 14.9. The molecule has 2 aliphatic rings. The van der Waals surface area contributed by atoms with Crippen molar-refractivity contribution in [2.24, 2.45) is 5.92 Å².